The first-order valence-corrected chi connectivity index (χ1v) is 10.5. The molecule has 1 fully saturated rings. The summed E-state index contributed by atoms with van der Waals surface area (Å²) in [5.41, 5.74) is 2.17. The standard InChI is InChI=1S/C22H22F3N5O3/c23-22(24,25)33-19-11-5-16(6-12-19)28-21(31)27-15-3-9-18(10-4-15)32-17-7-1-14(2-8-17)20-13-26-30-29-20/h1-2,5-8,11-12,15,18H,3-4,9-10,13H2,(H2,27,28,31). The fraction of sp³-hybridized carbons (Fsp3) is 0.364. The summed E-state index contributed by atoms with van der Waals surface area (Å²) in [4.78, 5) is 12.2. The van der Waals surface area contributed by atoms with E-state index in [9.17, 15) is 18.0 Å². The fourth-order valence-corrected chi connectivity index (χ4v) is 3.70. The Morgan fingerprint density at radius 2 is 1.61 bits per heavy atom. The van der Waals surface area contributed by atoms with Crippen molar-refractivity contribution in [3.63, 3.8) is 0 Å². The SMILES string of the molecule is O=C(Nc1ccc(OC(F)(F)F)cc1)NC1CCC(Oc2ccc(C3=NN=NC3)cc2)CC1. The number of nitrogens with zero attached hydrogens (tertiary/aromatic N) is 3. The Labute approximate surface area is 187 Å². The summed E-state index contributed by atoms with van der Waals surface area (Å²) in [6.07, 6.45) is -1.59. The van der Waals surface area contributed by atoms with Gasteiger partial charge in [0.25, 0.3) is 0 Å². The Balaban J connectivity index is 1.19. The lowest BCUT2D eigenvalue weighted by Gasteiger charge is -2.29. The van der Waals surface area contributed by atoms with E-state index in [4.69, 9.17) is 4.74 Å². The van der Waals surface area contributed by atoms with Gasteiger partial charge in [0, 0.05) is 17.3 Å². The van der Waals surface area contributed by atoms with Crippen LogP contribution in [-0.4, -0.2) is 36.8 Å². The van der Waals surface area contributed by atoms with Gasteiger partial charge in [0.2, 0.25) is 0 Å². The zero-order valence-corrected chi connectivity index (χ0v) is 17.5. The lowest BCUT2D eigenvalue weighted by atomic mass is 9.93. The van der Waals surface area contributed by atoms with Gasteiger partial charge < -0.3 is 20.1 Å². The Hall–Kier alpha value is -3.63. The first-order valence-electron chi connectivity index (χ1n) is 10.5. The average molecular weight is 461 g/mol. The van der Waals surface area contributed by atoms with Crippen LogP contribution in [0.5, 0.6) is 11.5 Å². The number of carbonyl (C=O) groups is 1. The zero-order valence-electron chi connectivity index (χ0n) is 17.5. The van der Waals surface area contributed by atoms with Crippen LogP contribution in [0.3, 0.4) is 0 Å². The minimum absolute atomic E-state index is 0.00654. The smallest absolute Gasteiger partial charge is 0.490 e. The third-order valence-corrected chi connectivity index (χ3v) is 5.29. The lowest BCUT2D eigenvalue weighted by Crippen LogP contribution is -2.41. The van der Waals surface area contributed by atoms with Gasteiger partial charge in [0.15, 0.2) is 0 Å². The molecule has 11 heteroatoms. The second-order valence-corrected chi connectivity index (χ2v) is 7.72. The third-order valence-electron chi connectivity index (χ3n) is 5.29. The molecule has 0 atom stereocenters. The highest BCUT2D eigenvalue weighted by Gasteiger charge is 2.31. The molecule has 0 spiro atoms. The summed E-state index contributed by atoms with van der Waals surface area (Å²) in [5.74, 6) is 0.429. The molecule has 174 valence electrons. The fourth-order valence-electron chi connectivity index (χ4n) is 3.70. The molecule has 0 saturated heterocycles. The molecule has 2 aliphatic rings. The number of anilines is 1. The van der Waals surface area contributed by atoms with Gasteiger partial charge in [-0.25, -0.2) is 4.79 Å². The van der Waals surface area contributed by atoms with E-state index in [0.717, 1.165) is 54.8 Å². The largest absolute Gasteiger partial charge is 0.573 e. The van der Waals surface area contributed by atoms with Crippen molar-refractivity contribution in [2.24, 2.45) is 15.4 Å². The maximum Gasteiger partial charge on any atom is 0.573 e. The normalized spacial score (nSPS) is 20.2. The molecular formula is C22H22F3N5O3. The van der Waals surface area contributed by atoms with Crippen LogP contribution in [0.2, 0.25) is 0 Å². The molecule has 1 aliphatic carbocycles. The van der Waals surface area contributed by atoms with Crippen LogP contribution in [0, 0.1) is 0 Å². The molecule has 8 nitrogen and oxygen atoms in total. The Morgan fingerprint density at radius 1 is 0.939 bits per heavy atom. The summed E-state index contributed by atoms with van der Waals surface area (Å²) in [5, 5.41) is 17.0. The monoisotopic (exact) mass is 461 g/mol. The number of hydrogen-bond acceptors (Lipinski definition) is 6. The number of benzene rings is 2. The van der Waals surface area contributed by atoms with Crippen LogP contribution in [0.4, 0.5) is 23.7 Å². The van der Waals surface area contributed by atoms with Gasteiger partial charge in [-0.2, -0.15) is 5.11 Å². The van der Waals surface area contributed by atoms with Crippen molar-refractivity contribution in [3.8, 4) is 11.5 Å². The van der Waals surface area contributed by atoms with Crippen molar-refractivity contribution >= 4 is 17.4 Å². The molecule has 1 saturated carbocycles. The summed E-state index contributed by atoms with van der Waals surface area (Å²) in [6, 6.07) is 12.2. The molecular weight excluding hydrogens is 439 g/mol. The number of carbonyl (C=O) groups excluding carboxylic acids is 1. The molecule has 2 N–H and O–H groups in total. The van der Waals surface area contributed by atoms with Crippen molar-refractivity contribution in [2.75, 3.05) is 11.9 Å². The molecule has 0 bridgehead atoms. The highest BCUT2D eigenvalue weighted by molar-refractivity contribution is 6.02. The molecule has 33 heavy (non-hydrogen) atoms. The van der Waals surface area contributed by atoms with Crippen molar-refractivity contribution in [1.29, 1.82) is 0 Å². The van der Waals surface area contributed by atoms with E-state index in [0.29, 0.717) is 12.2 Å². The molecule has 0 radical (unpaired) electrons. The van der Waals surface area contributed by atoms with E-state index in [1.54, 1.807) is 0 Å². The van der Waals surface area contributed by atoms with E-state index in [1.165, 1.54) is 12.1 Å². The zero-order chi connectivity index (χ0) is 23.3. The molecule has 1 heterocycles. The van der Waals surface area contributed by atoms with Crippen molar-refractivity contribution < 1.29 is 27.4 Å². The topological polar surface area (TPSA) is 96.7 Å². The molecule has 2 amide bonds. The number of amides is 2. The van der Waals surface area contributed by atoms with Gasteiger partial charge in [-0.15, -0.1) is 18.3 Å². The van der Waals surface area contributed by atoms with E-state index < -0.39 is 12.4 Å². The molecule has 0 unspecified atom stereocenters. The quantitative estimate of drug-likeness (QED) is 0.614. The maximum absolute atomic E-state index is 12.2. The van der Waals surface area contributed by atoms with E-state index in [2.05, 4.69) is 30.8 Å². The third kappa shape index (κ3) is 6.67. The maximum atomic E-state index is 12.2. The minimum Gasteiger partial charge on any atom is -0.490 e. The minimum atomic E-state index is -4.75. The number of halogens is 3. The highest BCUT2D eigenvalue weighted by atomic mass is 19.4. The first kappa shape index (κ1) is 22.6. The number of hydrogen-bond donors (Lipinski definition) is 2. The average Bonchev–Trinajstić information content (AvgIpc) is 3.31. The Bertz CT molecular complexity index is 1020. The summed E-state index contributed by atoms with van der Waals surface area (Å²) >= 11 is 0. The summed E-state index contributed by atoms with van der Waals surface area (Å²) in [6.45, 7) is 0.489. The number of nitrogens with one attached hydrogen (secondary N) is 2. The van der Waals surface area contributed by atoms with Crippen LogP contribution in [0.1, 0.15) is 31.2 Å². The Morgan fingerprint density at radius 3 is 2.21 bits per heavy atom. The van der Waals surface area contributed by atoms with Crippen LogP contribution in [0.25, 0.3) is 0 Å². The van der Waals surface area contributed by atoms with Crippen molar-refractivity contribution in [1.82, 2.24) is 5.32 Å². The predicted octanol–water partition coefficient (Wildman–Crippen LogP) is 5.27. The second kappa shape index (κ2) is 9.88. The van der Waals surface area contributed by atoms with Crippen LogP contribution in [0.15, 0.2) is 64.0 Å². The summed E-state index contributed by atoms with van der Waals surface area (Å²) in [7, 11) is 0. The molecule has 2 aromatic rings. The van der Waals surface area contributed by atoms with Gasteiger partial charge in [-0.05, 0) is 79.4 Å². The number of urea groups is 1. The van der Waals surface area contributed by atoms with E-state index in [-0.39, 0.29) is 17.9 Å². The second-order valence-electron chi connectivity index (χ2n) is 7.72. The van der Waals surface area contributed by atoms with Crippen LogP contribution >= 0.6 is 0 Å². The number of rotatable bonds is 6. The number of alkyl halides is 3. The molecule has 4 rings (SSSR count). The molecule has 0 aromatic heterocycles. The number of ether oxygens (including phenoxy) is 2. The molecule has 2 aromatic carbocycles. The van der Waals surface area contributed by atoms with E-state index in [1.807, 2.05) is 24.3 Å². The van der Waals surface area contributed by atoms with Gasteiger partial charge in [0.1, 0.15) is 18.0 Å². The summed E-state index contributed by atoms with van der Waals surface area (Å²) < 4.78 is 46.5. The van der Waals surface area contributed by atoms with Crippen LogP contribution in [-0.2, 0) is 0 Å². The van der Waals surface area contributed by atoms with Crippen molar-refractivity contribution in [3.05, 3.63) is 54.1 Å². The predicted molar refractivity (Wildman–Crippen MR) is 115 cm³/mol. The Kier molecular flexibility index (Phi) is 6.76. The van der Waals surface area contributed by atoms with Crippen molar-refractivity contribution in [2.45, 2.75) is 44.2 Å². The van der Waals surface area contributed by atoms with E-state index >= 15 is 0 Å². The molecule has 1 aliphatic heterocycles. The van der Waals surface area contributed by atoms with Crippen LogP contribution < -0.4 is 20.1 Å². The van der Waals surface area contributed by atoms with Gasteiger partial charge in [0.05, 0.1) is 11.8 Å². The highest BCUT2D eigenvalue weighted by Crippen LogP contribution is 2.26. The van der Waals surface area contributed by atoms with Gasteiger partial charge in [-0.1, -0.05) is 0 Å². The van der Waals surface area contributed by atoms with Gasteiger partial charge in [-0.3, -0.25) is 0 Å². The van der Waals surface area contributed by atoms with Gasteiger partial charge >= 0.3 is 12.4 Å². The first-order chi connectivity index (χ1) is 15.8. The lowest BCUT2D eigenvalue weighted by molar-refractivity contribution is -0.274.